The van der Waals surface area contributed by atoms with Crippen molar-refractivity contribution in [3.05, 3.63) is 107 Å². The van der Waals surface area contributed by atoms with Gasteiger partial charge in [0.25, 0.3) is 5.56 Å². The minimum Gasteiger partial charge on any atom is -0.497 e. The van der Waals surface area contributed by atoms with Crippen molar-refractivity contribution in [3.63, 3.8) is 0 Å². The zero-order valence-electron chi connectivity index (χ0n) is 27.8. The largest absolute Gasteiger partial charge is 0.497 e. The summed E-state index contributed by atoms with van der Waals surface area (Å²) in [6, 6.07) is 21.8. The predicted molar refractivity (Wildman–Crippen MR) is 183 cm³/mol. The maximum absolute atomic E-state index is 14.1. The quantitative estimate of drug-likeness (QED) is 0.272. The molecule has 1 amide bonds. The van der Waals surface area contributed by atoms with Crippen molar-refractivity contribution in [2.45, 2.75) is 50.8 Å². The van der Waals surface area contributed by atoms with Crippen LogP contribution in [-0.4, -0.2) is 83.6 Å². The van der Waals surface area contributed by atoms with Gasteiger partial charge in [0.05, 0.1) is 36.0 Å². The van der Waals surface area contributed by atoms with Gasteiger partial charge in [0.2, 0.25) is 5.91 Å². The maximum atomic E-state index is 14.1. The predicted octanol–water partition coefficient (Wildman–Crippen LogP) is 3.90. The van der Waals surface area contributed by atoms with Crippen LogP contribution in [0.3, 0.4) is 0 Å². The second-order valence-electron chi connectivity index (χ2n) is 13.4. The molecule has 2 atom stereocenters. The maximum Gasteiger partial charge on any atom is 0.262 e. The van der Waals surface area contributed by atoms with Crippen LogP contribution in [0.5, 0.6) is 5.75 Å². The molecule has 0 aliphatic carbocycles. The van der Waals surface area contributed by atoms with Crippen LogP contribution < -0.4 is 10.3 Å². The Morgan fingerprint density at radius 1 is 1.04 bits per heavy atom. The smallest absolute Gasteiger partial charge is 0.262 e. The minimum absolute atomic E-state index is 0.0733. The number of benzene rings is 2. The number of hydrogen-bond donors (Lipinski definition) is 1. The Morgan fingerprint density at radius 3 is 2.48 bits per heavy atom. The van der Waals surface area contributed by atoms with Crippen molar-refractivity contribution < 1.29 is 14.6 Å². The summed E-state index contributed by atoms with van der Waals surface area (Å²) in [5.41, 5.74) is 3.47. The van der Waals surface area contributed by atoms with Gasteiger partial charge >= 0.3 is 0 Å². The molecule has 11 nitrogen and oxygen atoms in total. The van der Waals surface area contributed by atoms with Crippen LogP contribution in [0.1, 0.15) is 42.1 Å². The molecule has 48 heavy (non-hydrogen) atoms. The van der Waals surface area contributed by atoms with Gasteiger partial charge in [-0.1, -0.05) is 30.3 Å². The first-order valence-corrected chi connectivity index (χ1v) is 16.7. The fourth-order valence-corrected chi connectivity index (χ4v) is 7.51. The van der Waals surface area contributed by atoms with Crippen molar-refractivity contribution in [3.8, 4) is 11.4 Å². The third kappa shape index (κ3) is 6.27. The van der Waals surface area contributed by atoms with Crippen LogP contribution in [-0.2, 0) is 24.9 Å². The number of carbonyl (C=O) groups excluding carboxylic acids is 1. The normalized spacial score (nSPS) is 19.9. The summed E-state index contributed by atoms with van der Waals surface area (Å²) < 4.78 is 10.6. The standard InChI is InChI=1S/C37H43N7O4/c1-26-21-29(40(2)39-26)22-41-17-13-31(33(23-41)27-7-5-4-6-8-27)35(45)42-19-15-37(47,16-20-42)24-43-25-38-34-32(36(43)46)14-18-44(34)28-9-11-30(48-3)12-10-28/h4-12,14,18,21,25,31,33,47H,13,15-17,19-20,22-24H2,1-3H3/t31-,33+/m1/s1. The number of piperidine rings is 2. The molecule has 0 unspecified atom stereocenters. The van der Waals surface area contributed by atoms with Crippen LogP contribution in [0.4, 0.5) is 0 Å². The summed E-state index contributed by atoms with van der Waals surface area (Å²) in [4.78, 5) is 36.6. The highest BCUT2D eigenvalue weighted by atomic mass is 16.5. The fourth-order valence-electron chi connectivity index (χ4n) is 7.51. The Kier molecular flexibility index (Phi) is 8.65. The number of methoxy groups -OCH3 is 1. The van der Waals surface area contributed by atoms with E-state index >= 15 is 0 Å². The summed E-state index contributed by atoms with van der Waals surface area (Å²) in [5.74, 6) is 0.845. The molecule has 3 aromatic heterocycles. The van der Waals surface area contributed by atoms with Gasteiger partial charge in [-0.2, -0.15) is 5.10 Å². The molecule has 0 bridgehead atoms. The fraction of sp³-hybridized carbons (Fsp3) is 0.405. The lowest BCUT2D eigenvalue weighted by atomic mass is 9.79. The highest BCUT2D eigenvalue weighted by Gasteiger charge is 2.41. The van der Waals surface area contributed by atoms with Crippen molar-refractivity contribution in [1.82, 2.24) is 33.7 Å². The van der Waals surface area contributed by atoms with E-state index in [1.165, 1.54) is 22.2 Å². The van der Waals surface area contributed by atoms with E-state index in [0.717, 1.165) is 43.2 Å². The molecule has 5 heterocycles. The van der Waals surface area contributed by atoms with E-state index < -0.39 is 5.60 Å². The van der Waals surface area contributed by atoms with Gasteiger partial charge in [-0.05, 0) is 74.7 Å². The minimum atomic E-state index is -1.11. The molecule has 2 saturated heterocycles. The van der Waals surface area contributed by atoms with Crippen LogP contribution in [0.25, 0.3) is 16.7 Å². The van der Waals surface area contributed by atoms with Gasteiger partial charge in [0, 0.05) is 56.9 Å². The molecule has 0 radical (unpaired) electrons. The number of fused-ring (bicyclic) bond motifs is 1. The number of hydrogen-bond acceptors (Lipinski definition) is 7. The SMILES string of the molecule is COc1ccc(-n2ccc3c(=O)n(CC4(O)CCN(C(=O)[C@@H]5CCN(Cc6cc(C)nn6C)C[C@H]5c5ccccc5)CC4)cnc32)cc1. The molecule has 7 rings (SSSR count). The summed E-state index contributed by atoms with van der Waals surface area (Å²) in [5, 5.41) is 16.6. The number of carbonyl (C=O) groups is 1. The van der Waals surface area contributed by atoms with E-state index in [9.17, 15) is 14.7 Å². The Balaban J connectivity index is 1.02. The van der Waals surface area contributed by atoms with Crippen molar-refractivity contribution >= 4 is 16.9 Å². The molecule has 2 aromatic carbocycles. The number of ether oxygens (including phenoxy) is 1. The molecule has 11 heteroatoms. The second-order valence-corrected chi connectivity index (χ2v) is 13.4. The molecule has 5 aromatic rings. The highest BCUT2D eigenvalue weighted by Crippen LogP contribution is 2.36. The Morgan fingerprint density at radius 2 is 1.79 bits per heavy atom. The van der Waals surface area contributed by atoms with E-state index in [4.69, 9.17) is 4.74 Å². The number of amides is 1. The van der Waals surface area contributed by atoms with Crippen LogP contribution >= 0.6 is 0 Å². The highest BCUT2D eigenvalue weighted by molar-refractivity contribution is 5.80. The average Bonchev–Trinajstić information content (AvgIpc) is 3.68. The third-order valence-corrected chi connectivity index (χ3v) is 10.2. The number of nitrogens with zero attached hydrogens (tertiary/aromatic N) is 7. The Hall–Kier alpha value is -4.74. The summed E-state index contributed by atoms with van der Waals surface area (Å²) >= 11 is 0. The van der Waals surface area contributed by atoms with E-state index in [2.05, 4.69) is 33.2 Å². The first kappa shape index (κ1) is 31.8. The lowest BCUT2D eigenvalue weighted by Crippen LogP contribution is -2.53. The molecule has 2 aliphatic rings. The Labute approximate surface area is 280 Å². The van der Waals surface area contributed by atoms with E-state index in [-0.39, 0.29) is 29.8 Å². The van der Waals surface area contributed by atoms with Crippen LogP contribution in [0.2, 0.25) is 0 Å². The second kappa shape index (κ2) is 13.0. The topological polar surface area (TPSA) is 111 Å². The van der Waals surface area contributed by atoms with Crippen molar-refractivity contribution in [1.29, 1.82) is 0 Å². The van der Waals surface area contributed by atoms with E-state index in [0.29, 0.717) is 37.0 Å². The summed E-state index contributed by atoms with van der Waals surface area (Å²) in [6.07, 6.45) is 4.91. The van der Waals surface area contributed by atoms with Crippen LogP contribution in [0, 0.1) is 12.8 Å². The molecule has 0 spiro atoms. The number of likely N-dealkylation sites (tertiary alicyclic amines) is 2. The molecule has 250 valence electrons. The van der Waals surface area contributed by atoms with Crippen LogP contribution in [0.15, 0.2) is 84.0 Å². The third-order valence-electron chi connectivity index (χ3n) is 10.2. The zero-order chi connectivity index (χ0) is 33.4. The zero-order valence-corrected chi connectivity index (χ0v) is 27.8. The number of aryl methyl sites for hydroxylation is 2. The van der Waals surface area contributed by atoms with Gasteiger partial charge in [0.15, 0.2) is 5.65 Å². The van der Waals surface area contributed by atoms with Crippen molar-refractivity contribution in [2.24, 2.45) is 13.0 Å². The molecular formula is C37H43N7O4. The number of aromatic nitrogens is 5. The van der Waals surface area contributed by atoms with Gasteiger partial charge in [-0.3, -0.25) is 23.7 Å². The lowest BCUT2D eigenvalue weighted by Gasteiger charge is -2.43. The van der Waals surface area contributed by atoms with Gasteiger partial charge in [-0.15, -0.1) is 0 Å². The van der Waals surface area contributed by atoms with Crippen molar-refractivity contribution in [2.75, 3.05) is 33.3 Å². The van der Waals surface area contributed by atoms with Gasteiger partial charge in [-0.25, -0.2) is 4.98 Å². The molecule has 2 fully saturated rings. The number of rotatable bonds is 8. The summed E-state index contributed by atoms with van der Waals surface area (Å²) in [7, 11) is 3.60. The van der Waals surface area contributed by atoms with Gasteiger partial charge < -0.3 is 19.3 Å². The number of aliphatic hydroxyl groups is 1. The van der Waals surface area contributed by atoms with E-state index in [1.54, 1.807) is 13.2 Å². The molecule has 0 saturated carbocycles. The summed E-state index contributed by atoms with van der Waals surface area (Å²) in [6.45, 7) is 5.46. The Bertz CT molecular complexity index is 1960. The first-order valence-electron chi connectivity index (χ1n) is 16.7. The van der Waals surface area contributed by atoms with E-state index in [1.807, 2.05) is 76.8 Å². The molecule has 2 aliphatic heterocycles. The lowest BCUT2D eigenvalue weighted by molar-refractivity contribution is -0.142. The first-order chi connectivity index (χ1) is 23.2. The molecule has 1 N–H and O–H groups in total. The average molecular weight is 650 g/mol. The van der Waals surface area contributed by atoms with Gasteiger partial charge in [0.1, 0.15) is 12.1 Å². The monoisotopic (exact) mass is 649 g/mol. The molecular weight excluding hydrogens is 606 g/mol.